The van der Waals surface area contributed by atoms with Gasteiger partial charge >= 0.3 is 6.09 Å². The van der Waals surface area contributed by atoms with Crippen LogP contribution in [0.3, 0.4) is 0 Å². The average molecular weight is 490 g/mol. The summed E-state index contributed by atoms with van der Waals surface area (Å²) >= 11 is 0. The van der Waals surface area contributed by atoms with Gasteiger partial charge in [0.15, 0.2) is 11.6 Å². The Balaban J connectivity index is 1.28. The molecule has 0 aliphatic rings. The van der Waals surface area contributed by atoms with Crippen LogP contribution in [0, 0.1) is 18.6 Å². The van der Waals surface area contributed by atoms with Gasteiger partial charge in [-0.3, -0.25) is 0 Å². The molecule has 1 N–H and O–H groups in total. The summed E-state index contributed by atoms with van der Waals surface area (Å²) in [6.07, 6.45) is 2.89. The Morgan fingerprint density at radius 1 is 0.889 bits per heavy atom. The number of amides is 1. The van der Waals surface area contributed by atoms with Crippen LogP contribution < -0.4 is 10.1 Å². The number of hydrogen-bond acceptors (Lipinski definition) is 3. The molecule has 186 valence electrons. The number of aryl methyl sites for hydroxylation is 1. The molecule has 0 radical (unpaired) electrons. The largest absolute Gasteiger partial charge is 0.412 e. The van der Waals surface area contributed by atoms with Gasteiger partial charge in [0, 0.05) is 30.3 Å². The number of rotatable bonds is 10. The van der Waals surface area contributed by atoms with E-state index in [-0.39, 0.29) is 5.75 Å². The monoisotopic (exact) mass is 489 g/mol. The van der Waals surface area contributed by atoms with Crippen molar-refractivity contribution in [2.45, 2.75) is 39.2 Å². The van der Waals surface area contributed by atoms with Crippen LogP contribution in [0.5, 0.6) is 5.75 Å². The smallest absolute Gasteiger partial charge is 0.407 e. The molecule has 0 unspecified atom stereocenters. The third kappa shape index (κ3) is 6.36. The van der Waals surface area contributed by atoms with E-state index in [9.17, 15) is 13.6 Å². The molecule has 0 spiro atoms. The first kappa shape index (κ1) is 25.1. The van der Waals surface area contributed by atoms with Crippen LogP contribution in [0.2, 0.25) is 0 Å². The summed E-state index contributed by atoms with van der Waals surface area (Å²) in [4.78, 5) is 16.8. The lowest BCUT2D eigenvalue weighted by molar-refractivity contribution is 0.198. The number of aromatic nitrogens is 2. The second-order valence-electron chi connectivity index (χ2n) is 8.55. The SMILES string of the molecule is Cc1nc(-c2ccccc2)c(-c2ccccc2)n1CCCCCCNC(=O)Oc1ccc(F)cc1F. The summed E-state index contributed by atoms with van der Waals surface area (Å²) in [5.41, 5.74) is 4.34. The van der Waals surface area contributed by atoms with E-state index in [1.807, 2.05) is 43.3 Å². The Labute approximate surface area is 209 Å². The van der Waals surface area contributed by atoms with Crippen LogP contribution in [0.4, 0.5) is 13.6 Å². The quantitative estimate of drug-likeness (QED) is 0.241. The molecule has 1 aromatic heterocycles. The maximum atomic E-state index is 13.6. The van der Waals surface area contributed by atoms with Gasteiger partial charge < -0.3 is 14.6 Å². The molecule has 3 aromatic carbocycles. The lowest BCUT2D eigenvalue weighted by Crippen LogP contribution is -2.28. The van der Waals surface area contributed by atoms with Crippen molar-refractivity contribution in [3.63, 3.8) is 0 Å². The van der Waals surface area contributed by atoms with Gasteiger partial charge in [-0.05, 0) is 31.9 Å². The first-order valence-corrected chi connectivity index (χ1v) is 12.1. The Bertz CT molecular complexity index is 1290. The molecule has 0 aliphatic carbocycles. The number of unbranched alkanes of at least 4 members (excludes halogenated alkanes) is 3. The average Bonchev–Trinajstić information content (AvgIpc) is 3.22. The molecule has 0 atom stereocenters. The van der Waals surface area contributed by atoms with E-state index >= 15 is 0 Å². The second kappa shape index (κ2) is 12.1. The molecule has 0 bridgehead atoms. The summed E-state index contributed by atoms with van der Waals surface area (Å²) < 4.78 is 33.7. The minimum absolute atomic E-state index is 0.298. The van der Waals surface area contributed by atoms with Crippen molar-refractivity contribution in [1.29, 1.82) is 0 Å². The normalized spacial score (nSPS) is 10.9. The Morgan fingerprint density at radius 3 is 2.25 bits per heavy atom. The molecule has 5 nitrogen and oxygen atoms in total. The van der Waals surface area contributed by atoms with Crippen LogP contribution in [0.25, 0.3) is 22.5 Å². The van der Waals surface area contributed by atoms with Crippen LogP contribution >= 0.6 is 0 Å². The minimum atomic E-state index is -0.912. The van der Waals surface area contributed by atoms with E-state index < -0.39 is 17.7 Å². The standard InChI is InChI=1S/C29H29F2N3O2/c1-21-33-27(22-12-6-4-7-13-22)28(23-14-8-5-9-15-23)34(21)19-11-3-2-10-18-32-29(35)36-26-17-16-24(30)20-25(26)31/h4-9,12-17,20H,2-3,10-11,18-19H2,1H3,(H,32,35). The fraction of sp³-hybridized carbons (Fsp3) is 0.241. The number of halogens is 2. The third-order valence-electron chi connectivity index (χ3n) is 5.93. The molecule has 7 heteroatoms. The molecule has 0 saturated heterocycles. The van der Waals surface area contributed by atoms with Gasteiger partial charge in [0.1, 0.15) is 11.6 Å². The number of hydrogen-bond donors (Lipinski definition) is 1. The van der Waals surface area contributed by atoms with Gasteiger partial charge in [0.2, 0.25) is 0 Å². The second-order valence-corrected chi connectivity index (χ2v) is 8.55. The highest BCUT2D eigenvalue weighted by molar-refractivity contribution is 5.79. The van der Waals surface area contributed by atoms with Crippen molar-refractivity contribution >= 4 is 6.09 Å². The van der Waals surface area contributed by atoms with Gasteiger partial charge in [0.25, 0.3) is 0 Å². The summed E-state index contributed by atoms with van der Waals surface area (Å²) in [5.74, 6) is -0.956. The zero-order valence-corrected chi connectivity index (χ0v) is 20.2. The molecule has 4 aromatic rings. The van der Waals surface area contributed by atoms with Crippen LogP contribution in [0.1, 0.15) is 31.5 Å². The number of imidazole rings is 1. The van der Waals surface area contributed by atoms with Crippen molar-refractivity contribution in [2.24, 2.45) is 0 Å². The maximum absolute atomic E-state index is 13.6. The lowest BCUT2D eigenvalue weighted by atomic mass is 10.0. The summed E-state index contributed by atoms with van der Waals surface area (Å²) in [6.45, 7) is 3.30. The van der Waals surface area contributed by atoms with E-state index in [1.54, 1.807) is 0 Å². The maximum Gasteiger partial charge on any atom is 0.412 e. The van der Waals surface area contributed by atoms with E-state index in [1.165, 1.54) is 0 Å². The minimum Gasteiger partial charge on any atom is -0.407 e. The zero-order chi connectivity index (χ0) is 25.3. The highest BCUT2D eigenvalue weighted by Gasteiger charge is 2.17. The van der Waals surface area contributed by atoms with Crippen LogP contribution in [-0.2, 0) is 6.54 Å². The Morgan fingerprint density at radius 2 is 1.56 bits per heavy atom. The number of carbonyl (C=O) groups excluding carboxylic acids is 1. The fourth-order valence-electron chi connectivity index (χ4n) is 4.16. The van der Waals surface area contributed by atoms with Gasteiger partial charge in [0.05, 0.1) is 11.4 Å². The molecule has 36 heavy (non-hydrogen) atoms. The first-order chi connectivity index (χ1) is 17.5. The van der Waals surface area contributed by atoms with Crippen molar-refractivity contribution in [2.75, 3.05) is 6.54 Å². The number of carbonyl (C=O) groups is 1. The highest BCUT2D eigenvalue weighted by Crippen LogP contribution is 2.33. The van der Waals surface area contributed by atoms with Gasteiger partial charge in [-0.1, -0.05) is 73.5 Å². The zero-order valence-electron chi connectivity index (χ0n) is 20.2. The summed E-state index contributed by atoms with van der Waals surface area (Å²) in [6, 6.07) is 23.4. The molecule has 0 aliphatic heterocycles. The Kier molecular flexibility index (Phi) is 8.44. The van der Waals surface area contributed by atoms with E-state index in [0.717, 1.165) is 72.7 Å². The molecular formula is C29H29F2N3O2. The molecule has 4 rings (SSSR count). The molecular weight excluding hydrogens is 460 g/mol. The van der Waals surface area contributed by atoms with E-state index in [0.29, 0.717) is 12.6 Å². The van der Waals surface area contributed by atoms with Gasteiger partial charge in [-0.15, -0.1) is 0 Å². The van der Waals surface area contributed by atoms with Crippen molar-refractivity contribution in [3.05, 3.63) is 96.3 Å². The van der Waals surface area contributed by atoms with Crippen molar-refractivity contribution in [1.82, 2.24) is 14.9 Å². The topological polar surface area (TPSA) is 56.2 Å². The lowest BCUT2D eigenvalue weighted by Gasteiger charge is -2.12. The molecule has 1 heterocycles. The van der Waals surface area contributed by atoms with Crippen LogP contribution in [-0.4, -0.2) is 22.2 Å². The summed E-state index contributed by atoms with van der Waals surface area (Å²) in [5, 5.41) is 2.61. The number of nitrogens with one attached hydrogen (secondary N) is 1. The first-order valence-electron chi connectivity index (χ1n) is 12.1. The molecule has 0 saturated carbocycles. The van der Waals surface area contributed by atoms with E-state index in [2.05, 4.69) is 34.1 Å². The van der Waals surface area contributed by atoms with Crippen molar-refractivity contribution in [3.8, 4) is 28.3 Å². The number of nitrogens with zero attached hydrogens (tertiary/aromatic N) is 2. The van der Waals surface area contributed by atoms with Gasteiger partial charge in [-0.25, -0.2) is 18.6 Å². The van der Waals surface area contributed by atoms with Crippen LogP contribution in [0.15, 0.2) is 78.9 Å². The predicted molar refractivity (Wildman–Crippen MR) is 137 cm³/mol. The Hall–Kier alpha value is -4.00. The molecule has 1 amide bonds. The predicted octanol–water partition coefficient (Wildman–Crippen LogP) is 7.15. The third-order valence-corrected chi connectivity index (χ3v) is 5.93. The number of ether oxygens (including phenoxy) is 1. The fourth-order valence-corrected chi connectivity index (χ4v) is 4.16. The summed E-state index contributed by atoms with van der Waals surface area (Å²) in [7, 11) is 0. The van der Waals surface area contributed by atoms with E-state index in [4.69, 9.17) is 9.72 Å². The molecule has 0 fully saturated rings. The highest BCUT2D eigenvalue weighted by atomic mass is 19.1. The van der Waals surface area contributed by atoms with Crippen molar-refractivity contribution < 1.29 is 18.3 Å². The van der Waals surface area contributed by atoms with Gasteiger partial charge in [-0.2, -0.15) is 0 Å². The number of benzene rings is 3.